The minimum Gasteiger partial charge on any atom is -0.253 e. The van der Waals surface area contributed by atoms with Crippen LogP contribution in [0.5, 0.6) is 0 Å². The second-order valence-corrected chi connectivity index (χ2v) is 11.0. The van der Waals surface area contributed by atoms with Crippen LogP contribution in [-0.4, -0.2) is 29.9 Å². The summed E-state index contributed by atoms with van der Waals surface area (Å²) in [7, 11) is 0. The molecule has 6 nitrogen and oxygen atoms in total. The third kappa shape index (κ3) is 7.76. The quantitative estimate of drug-likeness (QED) is 0.160. The molecule has 0 saturated heterocycles. The van der Waals surface area contributed by atoms with E-state index in [0.717, 1.165) is 67.5 Å². The van der Waals surface area contributed by atoms with Crippen LogP contribution >= 0.6 is 0 Å². The molecule has 0 aliphatic rings. The van der Waals surface area contributed by atoms with Gasteiger partial charge >= 0.3 is 0 Å². The first-order chi connectivity index (χ1) is 23.7. The van der Waals surface area contributed by atoms with Gasteiger partial charge in [-0.05, 0) is 53.1 Å². The van der Waals surface area contributed by atoms with E-state index in [2.05, 4.69) is 48.1 Å². The fraction of sp³-hybridized carbons (Fsp3) is 0. The molecule has 0 saturated carbocycles. The Kier molecular flexibility index (Phi) is 9.15. The lowest BCUT2D eigenvalue weighted by molar-refractivity contribution is 1.18. The van der Waals surface area contributed by atoms with Gasteiger partial charge in [-0.3, -0.25) is 29.9 Å². The molecule has 48 heavy (non-hydrogen) atoms. The van der Waals surface area contributed by atoms with Gasteiger partial charge in [0.05, 0.1) is 71.3 Å². The zero-order chi connectivity index (χ0) is 32.4. The molecule has 3 heterocycles. The summed E-state index contributed by atoms with van der Waals surface area (Å²) in [6.07, 6.45) is 22.8. The highest BCUT2D eigenvalue weighted by Gasteiger charge is 2.03. The zero-order valence-corrected chi connectivity index (χ0v) is 26.0. The predicted molar refractivity (Wildman–Crippen MR) is 196 cm³/mol. The first-order valence-corrected chi connectivity index (χ1v) is 15.6. The molecule has 6 heteroatoms. The Bertz CT molecular complexity index is 1910. The van der Waals surface area contributed by atoms with Crippen LogP contribution in [0.25, 0.3) is 70.2 Å². The summed E-state index contributed by atoms with van der Waals surface area (Å²) in [5, 5.41) is 0. The van der Waals surface area contributed by atoms with Gasteiger partial charge in [-0.25, -0.2) is 0 Å². The number of nitrogens with zero attached hydrogens (tertiary/aromatic N) is 6. The molecule has 3 aromatic heterocycles. The molecule has 228 valence electrons. The van der Waals surface area contributed by atoms with Crippen molar-refractivity contribution in [3.8, 4) is 33.8 Å². The van der Waals surface area contributed by atoms with Gasteiger partial charge in [-0.1, -0.05) is 109 Å². The van der Waals surface area contributed by atoms with Crippen LogP contribution < -0.4 is 0 Å². The van der Waals surface area contributed by atoms with Gasteiger partial charge in [0.1, 0.15) is 0 Å². The Hall–Kier alpha value is -6.66. The lowest BCUT2D eigenvalue weighted by Gasteiger charge is -2.04. The third-order valence-electron chi connectivity index (χ3n) is 7.56. The number of hydrogen-bond donors (Lipinski definition) is 0. The first kappa shape index (κ1) is 30.0. The molecule has 0 radical (unpaired) electrons. The summed E-state index contributed by atoms with van der Waals surface area (Å²) < 4.78 is 0. The number of benzene rings is 4. The monoisotopic (exact) mass is 618 g/mol. The summed E-state index contributed by atoms with van der Waals surface area (Å²) in [5.74, 6) is 0. The van der Waals surface area contributed by atoms with Gasteiger partial charge in [0.2, 0.25) is 0 Å². The van der Waals surface area contributed by atoms with Gasteiger partial charge in [0.15, 0.2) is 0 Å². The Morgan fingerprint density at radius 2 is 0.583 bits per heavy atom. The van der Waals surface area contributed by atoms with Crippen LogP contribution in [0, 0.1) is 0 Å². The molecule has 0 amide bonds. The standard InChI is InChI=1S/C42H30N6/c1-4-10-34(11-5-1)40-28-43-37(25-46-40)19-16-31-22-32(17-20-38-26-47-41(29-44-38)35-12-6-2-7-13-35)24-33(23-31)18-21-39-27-48-42(30-45-39)36-14-8-3-9-15-36/h1-30H/b19-16-,20-17-,21-18?. The molecule has 0 atom stereocenters. The molecule has 7 aromatic rings. The maximum absolute atomic E-state index is 4.62. The molecule has 7 rings (SSSR count). The third-order valence-corrected chi connectivity index (χ3v) is 7.56. The van der Waals surface area contributed by atoms with Crippen molar-refractivity contribution >= 4 is 36.5 Å². The van der Waals surface area contributed by atoms with E-state index in [1.807, 2.05) is 127 Å². The molecule has 4 aromatic carbocycles. The van der Waals surface area contributed by atoms with Gasteiger partial charge < -0.3 is 0 Å². The number of rotatable bonds is 9. The van der Waals surface area contributed by atoms with Gasteiger partial charge in [0.25, 0.3) is 0 Å². The van der Waals surface area contributed by atoms with E-state index in [9.17, 15) is 0 Å². The normalized spacial score (nSPS) is 11.5. The fourth-order valence-corrected chi connectivity index (χ4v) is 5.08. The van der Waals surface area contributed by atoms with Crippen molar-refractivity contribution in [3.05, 3.63) is 180 Å². The van der Waals surface area contributed by atoms with Crippen LogP contribution in [0.2, 0.25) is 0 Å². The molecule has 0 spiro atoms. The largest absolute Gasteiger partial charge is 0.253 e. The highest BCUT2D eigenvalue weighted by molar-refractivity contribution is 5.78. The van der Waals surface area contributed by atoms with Crippen molar-refractivity contribution in [2.24, 2.45) is 0 Å². The maximum Gasteiger partial charge on any atom is 0.0885 e. The molecule has 0 fully saturated rings. The summed E-state index contributed by atoms with van der Waals surface area (Å²) in [5.41, 5.74) is 11.0. The predicted octanol–water partition coefficient (Wildman–Crippen LogP) is 9.57. The van der Waals surface area contributed by atoms with Crippen LogP contribution in [0.4, 0.5) is 0 Å². The molecular weight excluding hydrogens is 589 g/mol. The lowest BCUT2D eigenvalue weighted by Crippen LogP contribution is -1.89. The summed E-state index contributed by atoms with van der Waals surface area (Å²) in [4.78, 5) is 27.7. The van der Waals surface area contributed by atoms with Crippen LogP contribution in [-0.2, 0) is 0 Å². The van der Waals surface area contributed by atoms with E-state index in [1.54, 1.807) is 37.2 Å². The molecule has 0 bridgehead atoms. The van der Waals surface area contributed by atoms with E-state index >= 15 is 0 Å². The Balaban J connectivity index is 1.14. The zero-order valence-electron chi connectivity index (χ0n) is 26.0. The topological polar surface area (TPSA) is 77.3 Å². The van der Waals surface area contributed by atoms with Gasteiger partial charge in [0, 0.05) is 16.7 Å². The van der Waals surface area contributed by atoms with Crippen molar-refractivity contribution in [2.45, 2.75) is 0 Å². The van der Waals surface area contributed by atoms with E-state index in [-0.39, 0.29) is 0 Å². The van der Waals surface area contributed by atoms with E-state index in [4.69, 9.17) is 0 Å². The first-order valence-electron chi connectivity index (χ1n) is 15.6. The molecule has 0 N–H and O–H groups in total. The van der Waals surface area contributed by atoms with Crippen LogP contribution in [0.15, 0.2) is 146 Å². The van der Waals surface area contributed by atoms with Crippen LogP contribution in [0.3, 0.4) is 0 Å². The van der Waals surface area contributed by atoms with E-state index in [1.165, 1.54) is 0 Å². The van der Waals surface area contributed by atoms with Crippen molar-refractivity contribution in [1.29, 1.82) is 0 Å². The van der Waals surface area contributed by atoms with E-state index in [0.29, 0.717) is 0 Å². The molecule has 0 aliphatic carbocycles. The molecule has 0 aliphatic heterocycles. The van der Waals surface area contributed by atoms with Crippen LogP contribution in [0.1, 0.15) is 33.8 Å². The van der Waals surface area contributed by atoms with Crippen molar-refractivity contribution in [3.63, 3.8) is 0 Å². The average molecular weight is 619 g/mol. The van der Waals surface area contributed by atoms with Crippen molar-refractivity contribution in [1.82, 2.24) is 29.9 Å². The summed E-state index contributed by atoms with van der Waals surface area (Å²) in [6, 6.07) is 36.5. The highest BCUT2D eigenvalue weighted by atomic mass is 14.8. The van der Waals surface area contributed by atoms with Crippen molar-refractivity contribution in [2.75, 3.05) is 0 Å². The number of hydrogen-bond acceptors (Lipinski definition) is 6. The minimum absolute atomic E-state index is 0.773. The minimum atomic E-state index is 0.773. The van der Waals surface area contributed by atoms with E-state index < -0.39 is 0 Å². The second-order valence-electron chi connectivity index (χ2n) is 11.0. The fourth-order valence-electron chi connectivity index (χ4n) is 5.08. The van der Waals surface area contributed by atoms with Gasteiger partial charge in [-0.2, -0.15) is 0 Å². The highest BCUT2D eigenvalue weighted by Crippen LogP contribution is 2.21. The summed E-state index contributed by atoms with van der Waals surface area (Å²) >= 11 is 0. The number of aromatic nitrogens is 6. The Labute approximate surface area is 279 Å². The van der Waals surface area contributed by atoms with Crippen molar-refractivity contribution < 1.29 is 0 Å². The molecular formula is C42H30N6. The average Bonchev–Trinajstić information content (AvgIpc) is 3.17. The Morgan fingerprint density at radius 3 is 0.833 bits per heavy atom. The van der Waals surface area contributed by atoms with Gasteiger partial charge in [-0.15, -0.1) is 0 Å². The SMILES string of the molecule is C(=Cc1cnc(-c2ccccc2)cn1)c1cc(/C=C\c2cnc(-c3ccccc3)cn2)cc(/C=C\c2cnc(-c3ccccc3)cn2)c1. The molecule has 0 unspecified atom stereocenters. The maximum atomic E-state index is 4.62. The summed E-state index contributed by atoms with van der Waals surface area (Å²) in [6.45, 7) is 0. The smallest absolute Gasteiger partial charge is 0.0885 e. The Morgan fingerprint density at radius 1 is 0.292 bits per heavy atom. The second kappa shape index (κ2) is 14.6. The lowest BCUT2D eigenvalue weighted by atomic mass is 10.0.